The van der Waals surface area contributed by atoms with E-state index in [4.69, 9.17) is 4.98 Å². The molecule has 0 radical (unpaired) electrons. The van der Waals surface area contributed by atoms with Crippen LogP contribution in [0.5, 0.6) is 0 Å². The highest BCUT2D eigenvalue weighted by molar-refractivity contribution is 8.00. The van der Waals surface area contributed by atoms with Gasteiger partial charge in [0.1, 0.15) is 5.82 Å². The fourth-order valence-corrected chi connectivity index (χ4v) is 2.96. The number of imidazole rings is 1. The van der Waals surface area contributed by atoms with Crippen molar-refractivity contribution in [3.8, 4) is 11.4 Å². The van der Waals surface area contributed by atoms with Gasteiger partial charge in [0.25, 0.3) is 0 Å². The van der Waals surface area contributed by atoms with Gasteiger partial charge in [-0.05, 0) is 29.5 Å². The van der Waals surface area contributed by atoms with Gasteiger partial charge < -0.3 is 9.71 Å². The molecule has 2 aromatic carbocycles. The third-order valence-electron chi connectivity index (χ3n) is 3.43. The largest absolute Gasteiger partial charge is 0.338 e. The number of rotatable bonds is 2. The molecular formula is C17H13N3S. The van der Waals surface area contributed by atoms with E-state index in [2.05, 4.69) is 46.1 Å². The molecule has 2 N–H and O–H groups in total. The van der Waals surface area contributed by atoms with Gasteiger partial charge in [0.05, 0.1) is 16.7 Å². The zero-order valence-electron chi connectivity index (χ0n) is 11.2. The predicted octanol–water partition coefficient (Wildman–Crippen LogP) is 4.34. The molecule has 0 saturated carbocycles. The molecule has 4 rings (SSSR count). The number of aromatic nitrogens is 2. The van der Waals surface area contributed by atoms with Crippen molar-refractivity contribution in [2.24, 2.45) is 0 Å². The molecule has 3 aromatic rings. The van der Waals surface area contributed by atoms with Crippen LogP contribution in [0, 0.1) is 0 Å². The Labute approximate surface area is 126 Å². The van der Waals surface area contributed by atoms with Gasteiger partial charge in [-0.15, -0.1) is 0 Å². The van der Waals surface area contributed by atoms with E-state index in [-0.39, 0.29) is 0 Å². The van der Waals surface area contributed by atoms with Crippen molar-refractivity contribution in [3.05, 3.63) is 71.7 Å². The average molecular weight is 291 g/mol. The van der Waals surface area contributed by atoms with Crippen LogP contribution >= 0.6 is 11.9 Å². The molecule has 0 bridgehead atoms. The molecular weight excluding hydrogens is 278 g/mol. The molecule has 1 aromatic heterocycles. The third kappa shape index (κ3) is 2.23. The highest BCUT2D eigenvalue weighted by Gasteiger charge is 2.12. The zero-order chi connectivity index (χ0) is 14.1. The first-order valence-electron chi connectivity index (χ1n) is 6.75. The lowest BCUT2D eigenvalue weighted by molar-refractivity contribution is 1.33. The Morgan fingerprint density at radius 2 is 1.86 bits per heavy atom. The van der Waals surface area contributed by atoms with Gasteiger partial charge in [0.2, 0.25) is 0 Å². The predicted molar refractivity (Wildman–Crippen MR) is 89.4 cm³/mol. The average Bonchev–Trinajstić information content (AvgIpc) is 3.00. The Morgan fingerprint density at radius 1 is 0.952 bits per heavy atom. The molecule has 1 aliphatic heterocycles. The van der Waals surface area contributed by atoms with Gasteiger partial charge in [-0.3, -0.25) is 0 Å². The number of nitrogens with one attached hydrogen (secondary N) is 2. The fourth-order valence-electron chi connectivity index (χ4n) is 2.43. The van der Waals surface area contributed by atoms with E-state index in [0.29, 0.717) is 0 Å². The molecule has 21 heavy (non-hydrogen) atoms. The van der Waals surface area contributed by atoms with Crippen LogP contribution in [0.1, 0.15) is 5.56 Å². The number of fused-ring (bicyclic) bond motifs is 1. The van der Waals surface area contributed by atoms with E-state index in [0.717, 1.165) is 33.7 Å². The quantitative estimate of drug-likeness (QED) is 0.690. The summed E-state index contributed by atoms with van der Waals surface area (Å²) in [6.45, 7) is 0. The molecule has 0 saturated heterocycles. The van der Waals surface area contributed by atoms with Crippen molar-refractivity contribution in [3.63, 3.8) is 0 Å². The second kappa shape index (κ2) is 5.14. The number of hydrogen-bond acceptors (Lipinski definition) is 3. The second-order valence-corrected chi connectivity index (χ2v) is 5.49. The molecule has 1 aliphatic rings. The SMILES string of the molecule is C1=CSNC(c2cccc3[nH]c(-c4ccccc4)nc23)=C1. The molecule has 0 unspecified atom stereocenters. The number of benzene rings is 2. The van der Waals surface area contributed by atoms with Crippen molar-refractivity contribution in [1.82, 2.24) is 14.7 Å². The van der Waals surface area contributed by atoms with Gasteiger partial charge in [-0.2, -0.15) is 0 Å². The van der Waals surface area contributed by atoms with Crippen molar-refractivity contribution in [2.45, 2.75) is 0 Å². The molecule has 4 heteroatoms. The first kappa shape index (κ1) is 12.3. The molecule has 2 heterocycles. The zero-order valence-corrected chi connectivity index (χ0v) is 12.0. The van der Waals surface area contributed by atoms with Crippen molar-refractivity contribution in [1.29, 1.82) is 0 Å². The minimum atomic E-state index is 0.901. The highest BCUT2D eigenvalue weighted by Crippen LogP contribution is 2.28. The van der Waals surface area contributed by atoms with Crippen LogP contribution in [0.4, 0.5) is 0 Å². The number of nitrogens with zero attached hydrogens (tertiary/aromatic N) is 1. The van der Waals surface area contributed by atoms with Crippen molar-refractivity contribution >= 4 is 28.7 Å². The van der Waals surface area contributed by atoms with Gasteiger partial charge in [-0.25, -0.2) is 4.98 Å². The summed E-state index contributed by atoms with van der Waals surface area (Å²) in [5, 5.41) is 2.02. The Hall–Kier alpha value is -2.46. The lowest BCUT2D eigenvalue weighted by atomic mass is 10.1. The molecule has 0 spiro atoms. The maximum Gasteiger partial charge on any atom is 0.138 e. The minimum absolute atomic E-state index is 0.901. The summed E-state index contributed by atoms with van der Waals surface area (Å²) in [5.74, 6) is 0.901. The standard InChI is InChI=1S/C17H13N3S/c1-2-6-12(7-3-1)17-18-15-9-4-8-13(16(15)19-17)14-10-5-11-21-20-14/h1-11,20H,(H,18,19). The topological polar surface area (TPSA) is 40.7 Å². The van der Waals surface area contributed by atoms with Crippen LogP contribution < -0.4 is 4.72 Å². The Balaban J connectivity index is 1.88. The maximum absolute atomic E-state index is 4.79. The van der Waals surface area contributed by atoms with Crippen LogP contribution in [0.2, 0.25) is 0 Å². The maximum atomic E-state index is 4.79. The Bertz CT molecular complexity index is 847. The lowest BCUT2D eigenvalue weighted by Gasteiger charge is -2.11. The van der Waals surface area contributed by atoms with Crippen molar-refractivity contribution in [2.75, 3.05) is 0 Å². The highest BCUT2D eigenvalue weighted by atomic mass is 32.2. The van der Waals surface area contributed by atoms with Crippen molar-refractivity contribution < 1.29 is 0 Å². The summed E-state index contributed by atoms with van der Waals surface area (Å²) in [4.78, 5) is 8.19. The number of para-hydroxylation sites is 1. The van der Waals surface area contributed by atoms with Gasteiger partial charge in [0.15, 0.2) is 0 Å². The van der Waals surface area contributed by atoms with E-state index in [1.165, 1.54) is 0 Å². The van der Waals surface area contributed by atoms with Crippen LogP contribution in [0.15, 0.2) is 66.1 Å². The van der Waals surface area contributed by atoms with E-state index >= 15 is 0 Å². The molecule has 102 valence electrons. The first-order valence-corrected chi connectivity index (χ1v) is 7.63. The normalized spacial score (nSPS) is 14.0. The van der Waals surface area contributed by atoms with Crippen LogP contribution in [-0.4, -0.2) is 9.97 Å². The van der Waals surface area contributed by atoms with E-state index in [9.17, 15) is 0 Å². The first-order chi connectivity index (χ1) is 10.4. The van der Waals surface area contributed by atoms with Gasteiger partial charge in [0, 0.05) is 11.1 Å². The molecule has 0 atom stereocenters. The minimum Gasteiger partial charge on any atom is -0.338 e. The van der Waals surface area contributed by atoms with E-state index < -0.39 is 0 Å². The Kier molecular flexibility index (Phi) is 3.01. The van der Waals surface area contributed by atoms with E-state index in [1.54, 1.807) is 11.9 Å². The molecule has 3 nitrogen and oxygen atoms in total. The summed E-state index contributed by atoms with van der Waals surface area (Å²) in [6, 6.07) is 16.4. The number of allylic oxidation sites excluding steroid dienone is 2. The fraction of sp³-hybridized carbons (Fsp3) is 0. The third-order valence-corrected chi connectivity index (χ3v) is 4.06. The number of hydrogen-bond donors (Lipinski definition) is 2. The van der Waals surface area contributed by atoms with Crippen LogP contribution in [-0.2, 0) is 0 Å². The molecule has 0 amide bonds. The number of aromatic amines is 1. The summed E-state index contributed by atoms with van der Waals surface area (Å²) in [6.07, 6.45) is 4.11. The van der Waals surface area contributed by atoms with Crippen LogP contribution in [0.3, 0.4) is 0 Å². The number of H-pyrrole nitrogens is 1. The van der Waals surface area contributed by atoms with Gasteiger partial charge in [-0.1, -0.05) is 48.5 Å². The van der Waals surface area contributed by atoms with Gasteiger partial charge >= 0.3 is 0 Å². The Morgan fingerprint density at radius 3 is 2.67 bits per heavy atom. The summed E-state index contributed by atoms with van der Waals surface area (Å²) in [5.41, 5.74) is 5.33. The summed E-state index contributed by atoms with van der Waals surface area (Å²) in [7, 11) is 0. The van der Waals surface area contributed by atoms with Crippen LogP contribution in [0.25, 0.3) is 28.1 Å². The second-order valence-electron chi connectivity index (χ2n) is 4.78. The molecule has 0 aliphatic carbocycles. The monoisotopic (exact) mass is 291 g/mol. The van der Waals surface area contributed by atoms with E-state index in [1.807, 2.05) is 29.7 Å². The lowest BCUT2D eigenvalue weighted by Crippen LogP contribution is -2.03. The summed E-state index contributed by atoms with van der Waals surface area (Å²) < 4.78 is 3.31. The summed E-state index contributed by atoms with van der Waals surface area (Å²) >= 11 is 1.57. The smallest absolute Gasteiger partial charge is 0.138 e. The molecule has 0 fully saturated rings.